The summed E-state index contributed by atoms with van der Waals surface area (Å²) in [7, 11) is 0. The minimum atomic E-state index is -0.0930. The third-order valence-corrected chi connectivity index (χ3v) is 5.41. The van der Waals surface area contributed by atoms with Gasteiger partial charge >= 0.3 is 0 Å². The first-order chi connectivity index (χ1) is 12.0. The van der Waals surface area contributed by atoms with Crippen molar-refractivity contribution in [2.75, 3.05) is 6.61 Å². The molecule has 2 aromatic rings. The van der Waals surface area contributed by atoms with Crippen molar-refractivity contribution in [1.82, 2.24) is 20.1 Å². The van der Waals surface area contributed by atoms with Crippen LogP contribution in [0.3, 0.4) is 0 Å². The van der Waals surface area contributed by atoms with E-state index in [0.29, 0.717) is 5.56 Å². The number of carbonyl (C=O) groups excluding carboxylic acids is 1. The van der Waals surface area contributed by atoms with E-state index in [0.717, 1.165) is 48.8 Å². The zero-order valence-corrected chi connectivity index (χ0v) is 15.3. The largest absolute Gasteiger partial charge is 0.396 e. The predicted octanol–water partition coefficient (Wildman–Crippen LogP) is 2.99. The quantitative estimate of drug-likeness (QED) is 0.874. The van der Waals surface area contributed by atoms with Crippen molar-refractivity contribution in [1.29, 1.82) is 0 Å². The molecule has 25 heavy (non-hydrogen) atoms. The Kier molecular flexibility index (Phi) is 5.37. The van der Waals surface area contributed by atoms with Gasteiger partial charge in [0.05, 0.1) is 23.2 Å². The molecule has 2 N–H and O–H groups in total. The van der Waals surface area contributed by atoms with Crippen LogP contribution < -0.4 is 5.32 Å². The standard InChI is InChI=1S/C19H28N4O2/c1-4-13(3)23-18-16(10-20-23)15(9-12(2)21-18)19(25)22-17-8-6-5-7-14(17)11-24/h9-10,13-14,17,24H,4-8,11H2,1-3H3,(H,22,25). The van der Waals surface area contributed by atoms with Gasteiger partial charge in [0, 0.05) is 24.3 Å². The molecule has 0 saturated heterocycles. The topological polar surface area (TPSA) is 80.0 Å². The number of aromatic nitrogens is 3. The molecule has 1 aliphatic rings. The Hall–Kier alpha value is -1.95. The van der Waals surface area contributed by atoms with Gasteiger partial charge in [0.25, 0.3) is 5.91 Å². The lowest BCUT2D eigenvalue weighted by molar-refractivity contribution is 0.0874. The second-order valence-electron chi connectivity index (χ2n) is 7.20. The molecule has 3 rings (SSSR count). The number of aryl methyl sites for hydroxylation is 1. The first kappa shape index (κ1) is 17.9. The highest BCUT2D eigenvalue weighted by Gasteiger charge is 2.27. The van der Waals surface area contributed by atoms with E-state index >= 15 is 0 Å². The molecule has 0 bridgehead atoms. The maximum Gasteiger partial charge on any atom is 0.252 e. The Morgan fingerprint density at radius 2 is 2.20 bits per heavy atom. The average Bonchev–Trinajstić information content (AvgIpc) is 3.04. The first-order valence-corrected chi connectivity index (χ1v) is 9.31. The number of hydrogen-bond donors (Lipinski definition) is 2. The van der Waals surface area contributed by atoms with E-state index in [9.17, 15) is 9.90 Å². The number of hydrogen-bond acceptors (Lipinski definition) is 4. The normalized spacial score (nSPS) is 22.1. The summed E-state index contributed by atoms with van der Waals surface area (Å²) in [5, 5.41) is 18.0. The number of aliphatic hydroxyl groups excluding tert-OH is 1. The van der Waals surface area contributed by atoms with E-state index in [2.05, 4.69) is 29.2 Å². The maximum atomic E-state index is 12.9. The van der Waals surface area contributed by atoms with Gasteiger partial charge in [0.1, 0.15) is 0 Å². The van der Waals surface area contributed by atoms with Gasteiger partial charge in [-0.05, 0) is 39.2 Å². The predicted molar refractivity (Wildman–Crippen MR) is 97.6 cm³/mol. The molecule has 0 aromatic carbocycles. The smallest absolute Gasteiger partial charge is 0.252 e. The lowest BCUT2D eigenvalue weighted by Crippen LogP contribution is -2.43. The van der Waals surface area contributed by atoms with Crippen LogP contribution in [0.1, 0.15) is 68.0 Å². The van der Waals surface area contributed by atoms with Crippen LogP contribution in [0.2, 0.25) is 0 Å². The number of carbonyl (C=O) groups is 1. The molecule has 1 aliphatic carbocycles. The summed E-state index contributed by atoms with van der Waals surface area (Å²) >= 11 is 0. The number of nitrogens with one attached hydrogen (secondary N) is 1. The molecule has 2 heterocycles. The second-order valence-corrected chi connectivity index (χ2v) is 7.20. The number of amides is 1. The summed E-state index contributed by atoms with van der Waals surface area (Å²) in [5.41, 5.74) is 2.20. The Morgan fingerprint density at radius 1 is 1.44 bits per heavy atom. The minimum absolute atomic E-state index is 0.0411. The van der Waals surface area contributed by atoms with Gasteiger partial charge in [0.15, 0.2) is 5.65 Å². The van der Waals surface area contributed by atoms with Crippen molar-refractivity contribution in [3.05, 3.63) is 23.5 Å². The van der Waals surface area contributed by atoms with Gasteiger partial charge in [0.2, 0.25) is 0 Å². The van der Waals surface area contributed by atoms with Gasteiger partial charge < -0.3 is 10.4 Å². The molecule has 1 saturated carbocycles. The summed E-state index contributed by atoms with van der Waals surface area (Å²) in [4.78, 5) is 17.5. The molecule has 6 heteroatoms. The summed E-state index contributed by atoms with van der Waals surface area (Å²) in [6.45, 7) is 6.24. The Balaban J connectivity index is 1.92. The molecule has 1 fully saturated rings. The Morgan fingerprint density at radius 3 is 2.92 bits per heavy atom. The fourth-order valence-corrected chi connectivity index (χ4v) is 3.69. The number of pyridine rings is 1. The van der Waals surface area contributed by atoms with Crippen molar-refractivity contribution in [2.45, 2.75) is 65.0 Å². The third kappa shape index (κ3) is 3.54. The monoisotopic (exact) mass is 344 g/mol. The van der Waals surface area contributed by atoms with Gasteiger partial charge in [-0.2, -0.15) is 5.10 Å². The molecule has 1 amide bonds. The molecule has 136 valence electrons. The van der Waals surface area contributed by atoms with E-state index in [4.69, 9.17) is 0 Å². The zero-order chi connectivity index (χ0) is 18.0. The van der Waals surface area contributed by atoms with Crippen molar-refractivity contribution in [2.24, 2.45) is 5.92 Å². The van der Waals surface area contributed by atoms with Gasteiger partial charge in [-0.15, -0.1) is 0 Å². The third-order valence-electron chi connectivity index (χ3n) is 5.41. The molecular weight excluding hydrogens is 316 g/mol. The van der Waals surface area contributed by atoms with E-state index in [1.165, 1.54) is 0 Å². The van der Waals surface area contributed by atoms with E-state index in [-0.39, 0.29) is 30.5 Å². The summed E-state index contributed by atoms with van der Waals surface area (Å²) in [6.07, 6.45) is 6.81. The Labute approximate surface area is 148 Å². The number of nitrogens with zero attached hydrogens (tertiary/aromatic N) is 3. The molecule has 0 aliphatic heterocycles. The van der Waals surface area contributed by atoms with Crippen molar-refractivity contribution in [3.63, 3.8) is 0 Å². The van der Waals surface area contributed by atoms with E-state index in [1.54, 1.807) is 6.20 Å². The molecule has 0 spiro atoms. The summed E-state index contributed by atoms with van der Waals surface area (Å²) < 4.78 is 1.90. The van der Waals surface area contributed by atoms with Crippen LogP contribution >= 0.6 is 0 Å². The number of fused-ring (bicyclic) bond motifs is 1. The lowest BCUT2D eigenvalue weighted by atomic mass is 9.85. The van der Waals surface area contributed by atoms with Crippen molar-refractivity contribution >= 4 is 16.9 Å². The molecular formula is C19H28N4O2. The van der Waals surface area contributed by atoms with Crippen LogP contribution in [-0.4, -0.2) is 38.4 Å². The van der Waals surface area contributed by atoms with E-state index in [1.807, 2.05) is 17.7 Å². The highest BCUT2D eigenvalue weighted by molar-refractivity contribution is 6.05. The van der Waals surface area contributed by atoms with Crippen LogP contribution in [0.15, 0.2) is 12.3 Å². The van der Waals surface area contributed by atoms with Crippen LogP contribution in [-0.2, 0) is 0 Å². The average molecular weight is 344 g/mol. The highest BCUT2D eigenvalue weighted by atomic mass is 16.3. The summed E-state index contributed by atoms with van der Waals surface area (Å²) in [5.74, 6) is 0.0588. The Bertz CT molecular complexity index is 755. The van der Waals surface area contributed by atoms with Crippen LogP contribution in [0.5, 0.6) is 0 Å². The fraction of sp³-hybridized carbons (Fsp3) is 0.632. The number of rotatable bonds is 5. The second kappa shape index (κ2) is 7.52. The molecule has 2 aromatic heterocycles. The van der Waals surface area contributed by atoms with Gasteiger partial charge in [-0.25, -0.2) is 9.67 Å². The highest BCUT2D eigenvalue weighted by Crippen LogP contribution is 2.26. The molecule has 6 nitrogen and oxygen atoms in total. The summed E-state index contributed by atoms with van der Waals surface area (Å²) in [6, 6.07) is 2.11. The van der Waals surface area contributed by atoms with Crippen molar-refractivity contribution in [3.8, 4) is 0 Å². The maximum absolute atomic E-state index is 12.9. The van der Waals surface area contributed by atoms with Gasteiger partial charge in [-0.1, -0.05) is 19.8 Å². The molecule has 0 radical (unpaired) electrons. The van der Waals surface area contributed by atoms with Gasteiger partial charge in [-0.3, -0.25) is 4.79 Å². The zero-order valence-electron chi connectivity index (χ0n) is 15.3. The lowest BCUT2D eigenvalue weighted by Gasteiger charge is -2.30. The number of aliphatic hydroxyl groups is 1. The van der Waals surface area contributed by atoms with Crippen LogP contribution in [0, 0.1) is 12.8 Å². The van der Waals surface area contributed by atoms with Crippen molar-refractivity contribution < 1.29 is 9.90 Å². The molecule has 3 unspecified atom stereocenters. The van der Waals surface area contributed by atoms with Crippen LogP contribution in [0.25, 0.3) is 11.0 Å². The molecule has 3 atom stereocenters. The van der Waals surface area contributed by atoms with Crippen LogP contribution in [0.4, 0.5) is 0 Å². The SMILES string of the molecule is CCC(C)n1ncc2c(C(=O)NC3CCCCC3CO)cc(C)nc21. The fourth-order valence-electron chi connectivity index (χ4n) is 3.69. The minimum Gasteiger partial charge on any atom is -0.396 e. The first-order valence-electron chi connectivity index (χ1n) is 9.31. The van der Waals surface area contributed by atoms with E-state index < -0.39 is 0 Å².